The van der Waals surface area contributed by atoms with Gasteiger partial charge < -0.3 is 9.64 Å². The molecule has 0 aromatic rings. The molecule has 0 aliphatic rings. The van der Waals surface area contributed by atoms with Crippen molar-refractivity contribution in [2.75, 3.05) is 26.5 Å². The Hall–Kier alpha value is -1.11. The second kappa shape index (κ2) is 9.12. The second-order valence-electron chi connectivity index (χ2n) is 6.20. The SMILES string of the molecule is CC(C)C(=O)N(C)CCC(C)C(=O)OCCC(C)S(C)(=O)=O. The average Bonchev–Trinajstić information content (AvgIpc) is 2.41. The van der Waals surface area contributed by atoms with Gasteiger partial charge in [-0.05, 0) is 19.8 Å². The zero-order chi connectivity index (χ0) is 17.5. The largest absolute Gasteiger partial charge is 0.465 e. The highest BCUT2D eigenvalue weighted by atomic mass is 32.2. The Morgan fingerprint density at radius 1 is 1.09 bits per heavy atom. The third kappa shape index (κ3) is 7.77. The molecule has 2 unspecified atom stereocenters. The molecule has 1 amide bonds. The molecule has 0 saturated heterocycles. The van der Waals surface area contributed by atoms with Gasteiger partial charge in [-0.1, -0.05) is 20.8 Å². The molecule has 0 aromatic carbocycles. The van der Waals surface area contributed by atoms with Gasteiger partial charge in [0.1, 0.15) is 9.84 Å². The molecule has 0 radical (unpaired) electrons. The number of ether oxygens (including phenoxy) is 1. The first-order valence-electron chi connectivity index (χ1n) is 7.57. The maximum Gasteiger partial charge on any atom is 0.308 e. The van der Waals surface area contributed by atoms with Gasteiger partial charge in [0.05, 0.1) is 17.8 Å². The Balaban J connectivity index is 4.11. The Bertz CT molecular complexity index is 472. The molecule has 0 saturated carbocycles. The number of rotatable bonds is 9. The van der Waals surface area contributed by atoms with Crippen molar-refractivity contribution in [1.82, 2.24) is 4.90 Å². The fourth-order valence-electron chi connectivity index (χ4n) is 1.74. The summed E-state index contributed by atoms with van der Waals surface area (Å²) in [5.74, 6) is -0.700. The minimum absolute atomic E-state index is 0.0440. The monoisotopic (exact) mass is 335 g/mol. The van der Waals surface area contributed by atoms with Crippen LogP contribution in [0.15, 0.2) is 0 Å². The van der Waals surface area contributed by atoms with Crippen LogP contribution in [0.5, 0.6) is 0 Å². The maximum absolute atomic E-state index is 11.8. The van der Waals surface area contributed by atoms with Crippen molar-refractivity contribution in [3.05, 3.63) is 0 Å². The first-order chi connectivity index (χ1) is 9.96. The van der Waals surface area contributed by atoms with E-state index in [0.717, 1.165) is 0 Å². The number of nitrogens with zero attached hydrogens (tertiary/aromatic N) is 1. The van der Waals surface area contributed by atoms with E-state index in [1.165, 1.54) is 6.26 Å². The van der Waals surface area contributed by atoms with E-state index >= 15 is 0 Å². The Kier molecular flexibility index (Phi) is 8.66. The Morgan fingerprint density at radius 2 is 1.64 bits per heavy atom. The normalized spacial score (nSPS) is 14.5. The van der Waals surface area contributed by atoms with Crippen molar-refractivity contribution in [3.8, 4) is 0 Å². The van der Waals surface area contributed by atoms with Crippen molar-refractivity contribution in [3.63, 3.8) is 0 Å². The van der Waals surface area contributed by atoms with Crippen molar-refractivity contribution >= 4 is 21.7 Å². The van der Waals surface area contributed by atoms with Crippen LogP contribution in [0.2, 0.25) is 0 Å². The van der Waals surface area contributed by atoms with Crippen LogP contribution < -0.4 is 0 Å². The number of carbonyl (C=O) groups excluding carboxylic acids is 2. The predicted molar refractivity (Wildman–Crippen MR) is 86.1 cm³/mol. The zero-order valence-corrected chi connectivity index (χ0v) is 15.3. The van der Waals surface area contributed by atoms with E-state index in [2.05, 4.69) is 0 Å². The summed E-state index contributed by atoms with van der Waals surface area (Å²) in [5, 5.41) is -0.523. The minimum atomic E-state index is -3.10. The molecule has 2 atom stereocenters. The molecule has 0 aliphatic heterocycles. The van der Waals surface area contributed by atoms with E-state index in [-0.39, 0.29) is 30.3 Å². The number of hydrogen-bond donors (Lipinski definition) is 0. The average molecular weight is 335 g/mol. The molecule has 0 bridgehead atoms. The lowest BCUT2D eigenvalue weighted by atomic mass is 10.1. The maximum atomic E-state index is 11.8. The number of esters is 1. The number of amides is 1. The van der Waals surface area contributed by atoms with E-state index in [4.69, 9.17) is 4.74 Å². The van der Waals surface area contributed by atoms with Gasteiger partial charge in [0.25, 0.3) is 0 Å². The van der Waals surface area contributed by atoms with E-state index in [1.54, 1.807) is 25.8 Å². The standard InChI is InChI=1S/C15H29NO5S/c1-11(2)14(17)16(5)9-7-12(3)15(18)21-10-8-13(4)22(6,19)20/h11-13H,7-10H2,1-6H3. The highest BCUT2D eigenvalue weighted by molar-refractivity contribution is 7.91. The third-order valence-corrected chi connectivity index (χ3v) is 5.37. The molecule has 0 N–H and O–H groups in total. The molecular formula is C15H29NO5S. The number of sulfone groups is 1. The molecular weight excluding hydrogens is 306 g/mol. The highest BCUT2D eigenvalue weighted by Gasteiger charge is 2.20. The van der Waals surface area contributed by atoms with Crippen LogP contribution in [-0.2, 0) is 24.2 Å². The first-order valence-corrected chi connectivity index (χ1v) is 9.52. The lowest BCUT2D eigenvalue weighted by Crippen LogP contribution is -2.33. The molecule has 7 heteroatoms. The van der Waals surface area contributed by atoms with Gasteiger partial charge in [0, 0.05) is 25.8 Å². The van der Waals surface area contributed by atoms with Crippen LogP contribution >= 0.6 is 0 Å². The summed E-state index contributed by atoms with van der Waals surface area (Å²) in [6.07, 6.45) is 1.99. The van der Waals surface area contributed by atoms with Gasteiger partial charge in [0.2, 0.25) is 5.91 Å². The van der Waals surface area contributed by atoms with Crippen molar-refractivity contribution in [1.29, 1.82) is 0 Å². The summed E-state index contributed by atoms with van der Waals surface area (Å²) < 4.78 is 27.6. The lowest BCUT2D eigenvalue weighted by molar-refractivity contribution is -0.148. The van der Waals surface area contributed by atoms with Gasteiger partial charge >= 0.3 is 5.97 Å². The molecule has 0 aromatic heterocycles. The van der Waals surface area contributed by atoms with Gasteiger partial charge in [-0.2, -0.15) is 0 Å². The predicted octanol–water partition coefficient (Wildman–Crippen LogP) is 1.49. The second-order valence-corrected chi connectivity index (χ2v) is 8.66. The molecule has 0 rings (SSSR count). The van der Waals surface area contributed by atoms with E-state index < -0.39 is 15.1 Å². The van der Waals surface area contributed by atoms with E-state index in [1.807, 2.05) is 13.8 Å². The van der Waals surface area contributed by atoms with Crippen LogP contribution in [0.25, 0.3) is 0 Å². The summed E-state index contributed by atoms with van der Waals surface area (Å²) in [5.41, 5.74) is 0. The van der Waals surface area contributed by atoms with Crippen LogP contribution in [0.1, 0.15) is 40.5 Å². The van der Waals surface area contributed by atoms with Gasteiger partial charge in [-0.25, -0.2) is 8.42 Å². The molecule has 0 spiro atoms. The lowest BCUT2D eigenvalue weighted by Gasteiger charge is -2.21. The molecule has 22 heavy (non-hydrogen) atoms. The summed E-state index contributed by atoms with van der Waals surface area (Å²) >= 11 is 0. The summed E-state index contributed by atoms with van der Waals surface area (Å²) in [4.78, 5) is 25.1. The number of hydrogen-bond acceptors (Lipinski definition) is 5. The van der Waals surface area contributed by atoms with Gasteiger partial charge in [-0.15, -0.1) is 0 Å². The Morgan fingerprint density at radius 3 is 2.09 bits per heavy atom. The fraction of sp³-hybridized carbons (Fsp3) is 0.867. The zero-order valence-electron chi connectivity index (χ0n) is 14.5. The minimum Gasteiger partial charge on any atom is -0.465 e. The first kappa shape index (κ1) is 20.9. The molecule has 0 fully saturated rings. The molecule has 0 heterocycles. The molecule has 6 nitrogen and oxygen atoms in total. The van der Waals surface area contributed by atoms with Crippen LogP contribution in [0.3, 0.4) is 0 Å². The van der Waals surface area contributed by atoms with Crippen molar-refractivity contribution in [2.24, 2.45) is 11.8 Å². The van der Waals surface area contributed by atoms with Crippen molar-refractivity contribution in [2.45, 2.75) is 45.8 Å². The van der Waals surface area contributed by atoms with Crippen molar-refractivity contribution < 1.29 is 22.7 Å². The topological polar surface area (TPSA) is 80.8 Å². The molecule has 130 valence electrons. The van der Waals surface area contributed by atoms with E-state index in [0.29, 0.717) is 19.4 Å². The fourth-order valence-corrected chi connectivity index (χ4v) is 2.26. The van der Waals surface area contributed by atoms with Crippen LogP contribution in [-0.4, -0.2) is 56.9 Å². The highest BCUT2D eigenvalue weighted by Crippen LogP contribution is 2.09. The number of carbonyl (C=O) groups is 2. The van der Waals surface area contributed by atoms with E-state index in [9.17, 15) is 18.0 Å². The summed E-state index contributed by atoms with van der Waals surface area (Å²) in [6.45, 7) is 7.60. The van der Waals surface area contributed by atoms with Gasteiger partial charge in [-0.3, -0.25) is 9.59 Å². The smallest absolute Gasteiger partial charge is 0.308 e. The summed E-state index contributed by atoms with van der Waals surface area (Å²) in [6, 6.07) is 0. The quantitative estimate of drug-likeness (QED) is 0.596. The van der Waals surface area contributed by atoms with Crippen LogP contribution in [0.4, 0.5) is 0 Å². The summed E-state index contributed by atoms with van der Waals surface area (Å²) in [7, 11) is -1.38. The third-order valence-electron chi connectivity index (χ3n) is 3.67. The van der Waals surface area contributed by atoms with Crippen LogP contribution in [0, 0.1) is 11.8 Å². The Labute approximate surface area is 134 Å². The van der Waals surface area contributed by atoms with Gasteiger partial charge in [0.15, 0.2) is 0 Å². The molecule has 0 aliphatic carbocycles.